The number of amides is 2. The number of anilines is 2. The third-order valence-electron chi connectivity index (χ3n) is 7.73. The van der Waals surface area contributed by atoms with Crippen LogP contribution in [-0.4, -0.2) is 34.3 Å². The zero-order valence-electron chi connectivity index (χ0n) is 23.6. The van der Waals surface area contributed by atoms with Crippen LogP contribution in [0.3, 0.4) is 0 Å². The first kappa shape index (κ1) is 30.3. The van der Waals surface area contributed by atoms with Gasteiger partial charge in [0.05, 0.1) is 33.8 Å². The van der Waals surface area contributed by atoms with Crippen molar-refractivity contribution in [3.05, 3.63) is 99.8 Å². The number of rotatable bonds is 8. The average Bonchev–Trinajstić information content (AvgIpc) is 3.21. The van der Waals surface area contributed by atoms with E-state index in [1.165, 1.54) is 30.5 Å². The van der Waals surface area contributed by atoms with Gasteiger partial charge < -0.3 is 21.3 Å². The van der Waals surface area contributed by atoms with Crippen molar-refractivity contribution in [1.29, 1.82) is 0 Å². The predicted molar refractivity (Wildman–Crippen MR) is 156 cm³/mol. The largest absolute Gasteiger partial charge is 0.378 e. The van der Waals surface area contributed by atoms with Gasteiger partial charge in [-0.3, -0.25) is 9.59 Å². The van der Waals surface area contributed by atoms with E-state index in [9.17, 15) is 27.2 Å². The third kappa shape index (κ3) is 6.17. The molecule has 2 aliphatic rings. The highest BCUT2D eigenvalue weighted by Gasteiger charge is 2.52. The molecule has 0 bridgehead atoms. The van der Waals surface area contributed by atoms with Crippen LogP contribution in [0, 0.1) is 11.6 Å². The first-order valence-electron chi connectivity index (χ1n) is 13.6. The third-order valence-corrected chi connectivity index (χ3v) is 8.12. The van der Waals surface area contributed by atoms with E-state index in [0.29, 0.717) is 23.3 Å². The van der Waals surface area contributed by atoms with Gasteiger partial charge in [0.2, 0.25) is 12.3 Å². The number of halogens is 5. The van der Waals surface area contributed by atoms with Crippen LogP contribution < -0.4 is 21.3 Å². The fraction of sp³-hybridized carbons (Fsp3) is 0.323. The summed E-state index contributed by atoms with van der Waals surface area (Å²) in [4.78, 5) is 30.9. The van der Waals surface area contributed by atoms with Crippen LogP contribution in [0.2, 0.25) is 5.02 Å². The second kappa shape index (κ2) is 11.5. The van der Waals surface area contributed by atoms with Crippen LogP contribution in [0.15, 0.2) is 72.1 Å². The second-order valence-electron chi connectivity index (χ2n) is 11.6. The van der Waals surface area contributed by atoms with E-state index in [1.807, 2.05) is 13.8 Å². The summed E-state index contributed by atoms with van der Waals surface area (Å²) in [5.74, 6) is -3.39. The first-order chi connectivity index (χ1) is 20.3. The van der Waals surface area contributed by atoms with Crippen molar-refractivity contribution in [2.45, 2.75) is 63.1 Å². The topological polar surface area (TPSA) is 95.2 Å². The molecule has 2 amide bonds. The Morgan fingerprint density at radius 2 is 1.84 bits per heavy atom. The summed E-state index contributed by atoms with van der Waals surface area (Å²) in [7, 11) is 0. The van der Waals surface area contributed by atoms with Gasteiger partial charge in [0.1, 0.15) is 17.5 Å². The van der Waals surface area contributed by atoms with E-state index in [4.69, 9.17) is 11.6 Å². The van der Waals surface area contributed by atoms with Gasteiger partial charge in [-0.1, -0.05) is 29.8 Å². The van der Waals surface area contributed by atoms with Crippen molar-refractivity contribution in [2.75, 3.05) is 10.6 Å². The number of hydrogen-bond donors (Lipinski definition) is 4. The molecule has 5 rings (SSSR count). The Morgan fingerprint density at radius 3 is 2.53 bits per heavy atom. The van der Waals surface area contributed by atoms with E-state index < -0.39 is 53.4 Å². The molecule has 2 aliphatic heterocycles. The fourth-order valence-corrected chi connectivity index (χ4v) is 6.00. The molecular formula is C31H30ClF4N5O2. The van der Waals surface area contributed by atoms with E-state index in [0.717, 1.165) is 12.1 Å². The predicted octanol–water partition coefficient (Wildman–Crippen LogP) is 6.46. The monoisotopic (exact) mass is 615 g/mol. The van der Waals surface area contributed by atoms with Crippen molar-refractivity contribution < 1.29 is 27.2 Å². The molecule has 226 valence electrons. The number of carbonyl (C=O) groups is 2. The summed E-state index contributed by atoms with van der Waals surface area (Å²) in [6, 6.07) is 11.8. The molecule has 0 fully saturated rings. The Kier molecular flexibility index (Phi) is 8.13. The minimum atomic E-state index is -2.78. The number of carbonyl (C=O) groups excluding carboxylic acids is 2. The Balaban J connectivity index is 1.49. The molecule has 12 heteroatoms. The minimum absolute atomic E-state index is 0.0893. The van der Waals surface area contributed by atoms with Crippen LogP contribution in [0.5, 0.6) is 0 Å². The van der Waals surface area contributed by atoms with Crippen LogP contribution in [0.4, 0.5) is 29.1 Å². The van der Waals surface area contributed by atoms with Crippen molar-refractivity contribution in [3.63, 3.8) is 0 Å². The molecule has 0 aliphatic carbocycles. The molecule has 1 aromatic heterocycles. The highest BCUT2D eigenvalue weighted by Crippen LogP contribution is 2.47. The maximum Gasteiger partial charge on any atom is 0.251 e. The molecule has 3 atom stereocenters. The summed E-state index contributed by atoms with van der Waals surface area (Å²) in [5.41, 5.74) is 0.542. The Hall–Kier alpha value is -4.12. The number of nitrogens with one attached hydrogen (secondary N) is 4. The quantitative estimate of drug-likeness (QED) is 0.218. The minimum Gasteiger partial charge on any atom is -0.378 e. The van der Waals surface area contributed by atoms with Gasteiger partial charge >= 0.3 is 0 Å². The lowest BCUT2D eigenvalue weighted by atomic mass is 9.80. The molecule has 2 aromatic carbocycles. The summed E-state index contributed by atoms with van der Waals surface area (Å²) < 4.78 is 54.6. The van der Waals surface area contributed by atoms with E-state index in [-0.39, 0.29) is 28.0 Å². The Bertz CT molecular complexity index is 1600. The molecular weight excluding hydrogens is 586 g/mol. The molecule has 3 aromatic rings. The lowest BCUT2D eigenvalue weighted by Gasteiger charge is -2.38. The number of aromatic nitrogens is 1. The van der Waals surface area contributed by atoms with Gasteiger partial charge in [-0.15, -0.1) is 0 Å². The van der Waals surface area contributed by atoms with E-state index >= 15 is 0 Å². The molecule has 0 radical (unpaired) electrons. The van der Waals surface area contributed by atoms with Gasteiger partial charge in [0.25, 0.3) is 5.91 Å². The molecule has 43 heavy (non-hydrogen) atoms. The smallest absolute Gasteiger partial charge is 0.251 e. The van der Waals surface area contributed by atoms with Crippen LogP contribution in [0.1, 0.15) is 56.7 Å². The highest BCUT2D eigenvalue weighted by molar-refractivity contribution is 6.33. The number of pyridine rings is 1. The molecule has 0 saturated carbocycles. The molecule has 0 spiro atoms. The zero-order chi connectivity index (χ0) is 31.1. The molecule has 3 unspecified atom stereocenters. The van der Waals surface area contributed by atoms with E-state index in [1.54, 1.807) is 25.1 Å². The van der Waals surface area contributed by atoms with Gasteiger partial charge in [-0.05, 0) is 68.3 Å². The number of benzene rings is 2. The lowest BCUT2D eigenvalue weighted by molar-refractivity contribution is -0.120. The fourth-order valence-electron chi connectivity index (χ4n) is 5.82. The number of hydrogen-bond acceptors (Lipinski definition) is 5. The van der Waals surface area contributed by atoms with Crippen molar-refractivity contribution in [1.82, 2.24) is 15.6 Å². The number of nitrogens with zero attached hydrogens (tertiary/aromatic N) is 1. The average molecular weight is 616 g/mol. The maximum atomic E-state index is 14.4. The van der Waals surface area contributed by atoms with Crippen LogP contribution >= 0.6 is 11.6 Å². The van der Waals surface area contributed by atoms with Gasteiger partial charge in [0.15, 0.2) is 0 Å². The second-order valence-corrected chi connectivity index (χ2v) is 11.9. The maximum absolute atomic E-state index is 14.4. The summed E-state index contributed by atoms with van der Waals surface area (Å²) in [5, 5.41) is 12.2. The van der Waals surface area contributed by atoms with Gasteiger partial charge in [-0.25, -0.2) is 22.5 Å². The lowest BCUT2D eigenvalue weighted by Crippen LogP contribution is -2.52. The Morgan fingerprint density at radius 1 is 1.12 bits per heavy atom. The standard InChI is InChI=1S/C31H30ClF4N5O2/c1-30(2)15-22-25(29(43)41-30)31(3,40-21-6-4-5-20(34)26(21)32)27(38-22)17-11-12-37-24(13-17)39-28(42)19(14-23(35)36)16-7-9-18(33)10-8-16/h4-13,19,23,27,38,40H,14-15H2,1-3H3,(H,41,43)(H,37,39,42). The first-order valence-corrected chi connectivity index (χ1v) is 14.0. The van der Waals surface area contributed by atoms with Crippen molar-refractivity contribution in [3.8, 4) is 0 Å². The summed E-state index contributed by atoms with van der Waals surface area (Å²) in [6.45, 7) is 5.59. The SMILES string of the molecule is CC1(C)CC2=C(C(=O)N1)C(C)(Nc1cccc(F)c1Cl)C(c1ccnc(NC(=O)C(CC(F)F)c3ccc(F)cc3)c1)N2. The molecule has 7 nitrogen and oxygen atoms in total. The summed E-state index contributed by atoms with van der Waals surface area (Å²) in [6.07, 6.45) is -1.61. The van der Waals surface area contributed by atoms with Crippen LogP contribution in [-0.2, 0) is 9.59 Å². The number of alkyl halides is 2. The molecule has 3 heterocycles. The summed E-state index contributed by atoms with van der Waals surface area (Å²) >= 11 is 6.29. The Labute approximate surface area is 251 Å². The van der Waals surface area contributed by atoms with Gasteiger partial charge in [0, 0.05) is 30.3 Å². The molecule has 4 N–H and O–H groups in total. The van der Waals surface area contributed by atoms with Crippen LogP contribution in [0.25, 0.3) is 0 Å². The molecule has 0 saturated heterocycles. The highest BCUT2D eigenvalue weighted by atomic mass is 35.5. The zero-order valence-corrected chi connectivity index (χ0v) is 24.3. The van der Waals surface area contributed by atoms with E-state index in [2.05, 4.69) is 26.3 Å². The van der Waals surface area contributed by atoms with Gasteiger partial charge in [-0.2, -0.15) is 0 Å². The van der Waals surface area contributed by atoms with Crippen molar-refractivity contribution in [2.24, 2.45) is 0 Å². The normalized spacial score (nSPS) is 21.6. The van der Waals surface area contributed by atoms with Crippen molar-refractivity contribution >= 4 is 34.9 Å².